The van der Waals surface area contributed by atoms with E-state index >= 15 is 0 Å². The highest BCUT2D eigenvalue weighted by atomic mass is 16.3. The summed E-state index contributed by atoms with van der Waals surface area (Å²) in [5.74, 6) is 0.315. The molecule has 1 N–H and O–H groups in total. The van der Waals surface area contributed by atoms with Gasteiger partial charge in [0.1, 0.15) is 5.75 Å². The molecule has 1 aliphatic rings. The van der Waals surface area contributed by atoms with Crippen molar-refractivity contribution in [3.05, 3.63) is 83.9 Å². The van der Waals surface area contributed by atoms with Crippen LogP contribution in [0.1, 0.15) is 29.5 Å². The molecule has 0 spiro atoms. The Hall–Kier alpha value is -2.55. The number of benzene rings is 2. The number of phenols is 1. The first kappa shape index (κ1) is 14.1. The van der Waals surface area contributed by atoms with Gasteiger partial charge in [0.25, 0.3) is 0 Å². The third-order valence-electron chi connectivity index (χ3n) is 5.01. The van der Waals surface area contributed by atoms with E-state index in [4.69, 9.17) is 0 Å². The number of aromatic hydroxyl groups is 1. The van der Waals surface area contributed by atoms with Gasteiger partial charge in [0, 0.05) is 24.4 Å². The first-order valence-corrected chi connectivity index (χ1v) is 8.12. The number of fused-ring (bicyclic) bond motifs is 1. The van der Waals surface area contributed by atoms with Crippen molar-refractivity contribution in [3.63, 3.8) is 0 Å². The van der Waals surface area contributed by atoms with Gasteiger partial charge in [0.2, 0.25) is 0 Å². The number of rotatable bonds is 3. The second kappa shape index (κ2) is 5.58. The van der Waals surface area contributed by atoms with Crippen molar-refractivity contribution in [3.8, 4) is 5.75 Å². The molecular formula is C20H20N2O. The van der Waals surface area contributed by atoms with Crippen molar-refractivity contribution in [2.45, 2.75) is 31.2 Å². The minimum absolute atomic E-state index is 0.0662. The minimum atomic E-state index is -0.0662. The van der Waals surface area contributed by atoms with Gasteiger partial charge >= 0.3 is 0 Å². The lowest BCUT2D eigenvalue weighted by atomic mass is 9.66. The van der Waals surface area contributed by atoms with Crippen LogP contribution < -0.4 is 0 Å². The van der Waals surface area contributed by atoms with Gasteiger partial charge in [-0.2, -0.15) is 0 Å². The van der Waals surface area contributed by atoms with Gasteiger partial charge in [0.05, 0.1) is 6.33 Å². The molecule has 3 aromatic rings. The van der Waals surface area contributed by atoms with E-state index in [9.17, 15) is 5.11 Å². The van der Waals surface area contributed by atoms with Crippen molar-refractivity contribution in [2.75, 3.05) is 0 Å². The summed E-state index contributed by atoms with van der Waals surface area (Å²) in [5.41, 5.74) is 4.04. The summed E-state index contributed by atoms with van der Waals surface area (Å²) in [5, 5.41) is 9.68. The number of hydrogen-bond acceptors (Lipinski definition) is 2. The summed E-state index contributed by atoms with van der Waals surface area (Å²) in [7, 11) is 0. The lowest BCUT2D eigenvalue weighted by Crippen LogP contribution is -2.36. The van der Waals surface area contributed by atoms with E-state index in [0.29, 0.717) is 5.75 Å². The molecule has 116 valence electrons. The lowest BCUT2D eigenvalue weighted by Gasteiger charge is -2.40. The summed E-state index contributed by atoms with van der Waals surface area (Å²) < 4.78 is 2.16. The van der Waals surface area contributed by atoms with Crippen LogP contribution in [-0.2, 0) is 18.4 Å². The highest BCUT2D eigenvalue weighted by Gasteiger charge is 2.38. The van der Waals surface area contributed by atoms with Gasteiger partial charge in [-0.1, -0.05) is 36.4 Å². The van der Waals surface area contributed by atoms with Crippen molar-refractivity contribution in [1.29, 1.82) is 0 Å². The fourth-order valence-corrected chi connectivity index (χ4v) is 3.95. The molecule has 23 heavy (non-hydrogen) atoms. The standard InChI is InChI=1S/C20H20N2O/c23-18-9-7-17(8-10-18)20(14-22-13-12-21-15-22)11-3-5-16-4-1-2-6-19(16)20/h1-2,4,6-10,12-13,15,23H,3,5,11,14H2. The zero-order valence-electron chi connectivity index (χ0n) is 13.0. The summed E-state index contributed by atoms with van der Waals surface area (Å²) in [6, 6.07) is 16.5. The molecule has 0 bridgehead atoms. The van der Waals surface area contributed by atoms with Crippen LogP contribution in [0.3, 0.4) is 0 Å². The van der Waals surface area contributed by atoms with E-state index in [1.807, 2.05) is 18.7 Å². The minimum Gasteiger partial charge on any atom is -0.508 e. The number of nitrogens with zero attached hydrogens (tertiary/aromatic N) is 2. The second-order valence-corrected chi connectivity index (χ2v) is 6.37. The molecule has 1 atom stereocenters. The SMILES string of the molecule is Oc1ccc(C2(Cn3ccnc3)CCCc3ccccc32)cc1. The Morgan fingerprint density at radius 3 is 2.70 bits per heavy atom. The molecule has 1 aliphatic carbocycles. The Morgan fingerprint density at radius 1 is 1.09 bits per heavy atom. The number of aryl methyl sites for hydroxylation is 1. The highest BCUT2D eigenvalue weighted by Crippen LogP contribution is 2.44. The molecule has 0 radical (unpaired) electrons. The van der Waals surface area contributed by atoms with Crippen LogP contribution in [0.2, 0.25) is 0 Å². The van der Waals surface area contributed by atoms with Crippen LogP contribution in [-0.4, -0.2) is 14.7 Å². The number of phenolic OH excluding ortho intramolecular Hbond substituents is 1. The average molecular weight is 304 g/mol. The number of aromatic nitrogens is 2. The van der Waals surface area contributed by atoms with Crippen LogP contribution in [0, 0.1) is 0 Å². The predicted molar refractivity (Wildman–Crippen MR) is 90.5 cm³/mol. The van der Waals surface area contributed by atoms with Gasteiger partial charge < -0.3 is 9.67 Å². The quantitative estimate of drug-likeness (QED) is 0.796. The summed E-state index contributed by atoms with van der Waals surface area (Å²) in [6.45, 7) is 0.870. The van der Waals surface area contributed by atoms with E-state index < -0.39 is 0 Å². The summed E-state index contributed by atoms with van der Waals surface area (Å²) in [6.07, 6.45) is 9.16. The Bertz CT molecular complexity index is 793. The smallest absolute Gasteiger partial charge is 0.115 e. The molecule has 0 saturated heterocycles. The molecule has 3 nitrogen and oxygen atoms in total. The molecular weight excluding hydrogens is 284 g/mol. The fraction of sp³-hybridized carbons (Fsp3) is 0.250. The predicted octanol–water partition coefficient (Wildman–Crippen LogP) is 3.91. The number of hydrogen-bond donors (Lipinski definition) is 1. The molecule has 1 heterocycles. The third kappa shape index (κ3) is 2.42. The Balaban J connectivity index is 1.90. The van der Waals surface area contributed by atoms with Gasteiger partial charge in [-0.25, -0.2) is 4.98 Å². The summed E-state index contributed by atoms with van der Waals surface area (Å²) >= 11 is 0. The van der Waals surface area contributed by atoms with Crippen LogP contribution >= 0.6 is 0 Å². The molecule has 1 aromatic heterocycles. The van der Waals surface area contributed by atoms with Gasteiger partial charge in [-0.05, 0) is 48.1 Å². The molecule has 1 unspecified atom stereocenters. The second-order valence-electron chi connectivity index (χ2n) is 6.37. The van der Waals surface area contributed by atoms with Gasteiger partial charge in [-0.3, -0.25) is 0 Å². The molecule has 0 saturated carbocycles. The van der Waals surface area contributed by atoms with Crippen LogP contribution in [0.5, 0.6) is 5.75 Å². The van der Waals surface area contributed by atoms with Crippen LogP contribution in [0.15, 0.2) is 67.3 Å². The van der Waals surface area contributed by atoms with Crippen molar-refractivity contribution in [1.82, 2.24) is 9.55 Å². The third-order valence-corrected chi connectivity index (χ3v) is 5.01. The van der Waals surface area contributed by atoms with Gasteiger partial charge in [-0.15, -0.1) is 0 Å². The van der Waals surface area contributed by atoms with E-state index in [1.54, 1.807) is 12.1 Å². The monoisotopic (exact) mass is 304 g/mol. The Labute approximate surface area is 136 Å². The van der Waals surface area contributed by atoms with Crippen molar-refractivity contribution in [2.24, 2.45) is 0 Å². The van der Waals surface area contributed by atoms with Crippen LogP contribution in [0.25, 0.3) is 0 Å². The molecule has 0 fully saturated rings. The molecule has 2 aromatic carbocycles. The maximum absolute atomic E-state index is 9.68. The molecule has 4 rings (SSSR count). The van der Waals surface area contributed by atoms with E-state index in [-0.39, 0.29) is 5.41 Å². The van der Waals surface area contributed by atoms with Crippen LogP contribution in [0.4, 0.5) is 0 Å². The van der Waals surface area contributed by atoms with Gasteiger partial charge in [0.15, 0.2) is 0 Å². The Morgan fingerprint density at radius 2 is 1.91 bits per heavy atom. The normalized spacial score (nSPS) is 20.2. The fourth-order valence-electron chi connectivity index (χ4n) is 3.95. The number of imidazole rings is 1. The average Bonchev–Trinajstić information content (AvgIpc) is 3.09. The zero-order chi connectivity index (χ0) is 15.7. The van der Waals surface area contributed by atoms with Crippen molar-refractivity contribution >= 4 is 0 Å². The van der Waals surface area contributed by atoms with E-state index in [0.717, 1.165) is 19.4 Å². The van der Waals surface area contributed by atoms with E-state index in [1.165, 1.54) is 23.1 Å². The largest absolute Gasteiger partial charge is 0.508 e. The first-order chi connectivity index (χ1) is 11.3. The summed E-state index contributed by atoms with van der Waals surface area (Å²) in [4.78, 5) is 4.21. The molecule has 0 aliphatic heterocycles. The topological polar surface area (TPSA) is 38.0 Å². The zero-order valence-corrected chi connectivity index (χ0v) is 13.0. The maximum Gasteiger partial charge on any atom is 0.115 e. The van der Waals surface area contributed by atoms with E-state index in [2.05, 4.69) is 45.9 Å². The maximum atomic E-state index is 9.68. The molecule has 3 heteroatoms. The lowest BCUT2D eigenvalue weighted by molar-refractivity contribution is 0.368. The highest BCUT2D eigenvalue weighted by molar-refractivity contribution is 5.46. The van der Waals surface area contributed by atoms with Crippen molar-refractivity contribution < 1.29 is 5.11 Å². The molecule has 0 amide bonds. The Kier molecular flexibility index (Phi) is 3.41. The first-order valence-electron chi connectivity index (χ1n) is 8.12.